The zero-order chi connectivity index (χ0) is 19.6. The lowest BCUT2D eigenvalue weighted by Crippen LogP contribution is -2.35. The number of hydrogen-bond acceptors (Lipinski definition) is 4. The molecular formula is C19H25N3O3S2. The van der Waals surface area contributed by atoms with Gasteiger partial charge in [0.2, 0.25) is 10.0 Å². The van der Waals surface area contributed by atoms with Crippen molar-refractivity contribution < 1.29 is 13.2 Å². The van der Waals surface area contributed by atoms with Crippen molar-refractivity contribution in [3.8, 4) is 0 Å². The first-order valence-corrected chi connectivity index (χ1v) is 11.6. The molecule has 2 aromatic rings. The molecule has 0 radical (unpaired) electrons. The summed E-state index contributed by atoms with van der Waals surface area (Å²) < 4.78 is 29.2. The molecule has 1 amide bonds. The molecule has 1 aliphatic heterocycles. The quantitative estimate of drug-likeness (QED) is 0.770. The summed E-state index contributed by atoms with van der Waals surface area (Å²) in [4.78, 5) is 14.0. The van der Waals surface area contributed by atoms with Crippen molar-refractivity contribution in [2.75, 3.05) is 24.7 Å². The SMILES string of the molecule is CSc1cccc(NC(=O)c2cc(S(=O)(=O)N3CCCCC3)c(C)n2C)c1. The third-order valence-corrected chi connectivity index (χ3v) is 7.72. The summed E-state index contributed by atoms with van der Waals surface area (Å²) in [5, 5.41) is 2.86. The number of piperidine rings is 1. The minimum atomic E-state index is -3.58. The van der Waals surface area contributed by atoms with Gasteiger partial charge in [-0.15, -0.1) is 11.8 Å². The summed E-state index contributed by atoms with van der Waals surface area (Å²) in [7, 11) is -1.86. The van der Waals surface area contributed by atoms with Gasteiger partial charge in [-0.2, -0.15) is 4.31 Å². The van der Waals surface area contributed by atoms with Crippen LogP contribution in [0.25, 0.3) is 0 Å². The summed E-state index contributed by atoms with van der Waals surface area (Å²) >= 11 is 1.59. The fourth-order valence-electron chi connectivity index (χ4n) is 3.29. The lowest BCUT2D eigenvalue weighted by Gasteiger charge is -2.25. The molecular weight excluding hydrogens is 382 g/mol. The molecule has 6 nitrogen and oxygen atoms in total. The number of benzene rings is 1. The molecule has 1 aromatic heterocycles. The van der Waals surface area contributed by atoms with Crippen molar-refractivity contribution in [1.29, 1.82) is 0 Å². The van der Waals surface area contributed by atoms with Gasteiger partial charge in [0.25, 0.3) is 5.91 Å². The number of sulfonamides is 1. The van der Waals surface area contributed by atoms with E-state index in [-0.39, 0.29) is 10.8 Å². The molecule has 1 aromatic carbocycles. The first kappa shape index (κ1) is 20.0. The van der Waals surface area contributed by atoms with Crippen LogP contribution in [0.1, 0.15) is 35.4 Å². The second-order valence-electron chi connectivity index (χ2n) is 6.69. The minimum Gasteiger partial charge on any atom is -0.343 e. The molecule has 1 fully saturated rings. The number of rotatable bonds is 5. The van der Waals surface area contributed by atoms with Crippen LogP contribution in [-0.4, -0.2) is 42.5 Å². The monoisotopic (exact) mass is 407 g/mol. The summed E-state index contributed by atoms with van der Waals surface area (Å²) in [6.45, 7) is 2.82. The summed E-state index contributed by atoms with van der Waals surface area (Å²) in [6.07, 6.45) is 4.79. The number of carbonyl (C=O) groups excluding carboxylic acids is 1. The molecule has 27 heavy (non-hydrogen) atoms. The Kier molecular flexibility index (Phi) is 5.98. The Balaban J connectivity index is 1.89. The maximum atomic E-state index is 13.0. The maximum absolute atomic E-state index is 13.0. The highest BCUT2D eigenvalue weighted by Gasteiger charge is 2.30. The first-order valence-electron chi connectivity index (χ1n) is 8.96. The van der Waals surface area contributed by atoms with Crippen LogP contribution < -0.4 is 5.32 Å². The van der Waals surface area contributed by atoms with E-state index in [2.05, 4.69) is 5.32 Å². The number of amides is 1. The van der Waals surface area contributed by atoms with Gasteiger partial charge in [0.05, 0.1) is 0 Å². The summed E-state index contributed by atoms with van der Waals surface area (Å²) in [5.74, 6) is -0.320. The van der Waals surface area contributed by atoms with E-state index in [1.807, 2.05) is 30.5 Å². The average molecular weight is 408 g/mol. The van der Waals surface area contributed by atoms with Crippen LogP contribution >= 0.6 is 11.8 Å². The lowest BCUT2D eigenvalue weighted by atomic mass is 10.2. The van der Waals surface area contributed by atoms with E-state index in [0.29, 0.717) is 30.2 Å². The number of carbonyl (C=O) groups is 1. The second-order valence-corrected chi connectivity index (χ2v) is 9.48. The Morgan fingerprint density at radius 1 is 1.15 bits per heavy atom. The van der Waals surface area contributed by atoms with Crippen LogP contribution in [0.4, 0.5) is 5.69 Å². The molecule has 1 aliphatic rings. The van der Waals surface area contributed by atoms with Crippen molar-refractivity contribution in [2.45, 2.75) is 36.0 Å². The van der Waals surface area contributed by atoms with Crippen molar-refractivity contribution >= 4 is 33.4 Å². The second kappa shape index (κ2) is 8.08. The molecule has 2 heterocycles. The summed E-state index contributed by atoms with van der Waals surface area (Å²) in [6, 6.07) is 9.05. The van der Waals surface area contributed by atoms with Crippen molar-refractivity contribution in [1.82, 2.24) is 8.87 Å². The van der Waals surface area contributed by atoms with Gasteiger partial charge in [-0.25, -0.2) is 8.42 Å². The van der Waals surface area contributed by atoms with Gasteiger partial charge < -0.3 is 9.88 Å². The Morgan fingerprint density at radius 3 is 2.52 bits per heavy atom. The van der Waals surface area contributed by atoms with Crippen molar-refractivity contribution in [3.63, 3.8) is 0 Å². The third kappa shape index (κ3) is 4.07. The van der Waals surface area contributed by atoms with Gasteiger partial charge in [-0.05, 0) is 50.3 Å². The number of nitrogens with zero attached hydrogens (tertiary/aromatic N) is 2. The molecule has 146 valence electrons. The smallest absolute Gasteiger partial charge is 0.272 e. The molecule has 3 rings (SSSR count). The van der Waals surface area contributed by atoms with E-state index in [4.69, 9.17) is 0 Å². The average Bonchev–Trinajstić information content (AvgIpc) is 2.98. The highest BCUT2D eigenvalue weighted by molar-refractivity contribution is 7.98. The largest absolute Gasteiger partial charge is 0.343 e. The zero-order valence-corrected chi connectivity index (χ0v) is 17.5. The van der Waals surface area contributed by atoms with E-state index < -0.39 is 10.0 Å². The van der Waals surface area contributed by atoms with E-state index in [1.165, 1.54) is 10.4 Å². The Hall–Kier alpha value is -1.77. The Labute approximate surface area is 165 Å². The third-order valence-electron chi connectivity index (χ3n) is 4.98. The van der Waals surface area contributed by atoms with Gasteiger partial charge in [-0.1, -0.05) is 12.5 Å². The number of anilines is 1. The van der Waals surface area contributed by atoms with Crippen LogP contribution in [0.15, 0.2) is 40.1 Å². The predicted molar refractivity (Wildman–Crippen MR) is 109 cm³/mol. The first-order chi connectivity index (χ1) is 12.8. The van der Waals surface area contributed by atoms with Crippen LogP contribution in [0.5, 0.6) is 0 Å². The molecule has 1 N–H and O–H groups in total. The van der Waals surface area contributed by atoms with Crippen LogP contribution in [0, 0.1) is 6.92 Å². The maximum Gasteiger partial charge on any atom is 0.272 e. The normalized spacial score (nSPS) is 15.7. The topological polar surface area (TPSA) is 71.4 Å². The van der Waals surface area contributed by atoms with Crippen LogP contribution in [0.2, 0.25) is 0 Å². The molecule has 0 atom stereocenters. The number of hydrogen-bond donors (Lipinski definition) is 1. The molecule has 0 saturated carbocycles. The van der Waals surface area contributed by atoms with E-state index >= 15 is 0 Å². The summed E-state index contributed by atoms with van der Waals surface area (Å²) in [5.41, 5.74) is 1.59. The Bertz CT molecular complexity index is 945. The number of thioether (sulfide) groups is 1. The number of aromatic nitrogens is 1. The molecule has 8 heteroatoms. The van der Waals surface area contributed by atoms with E-state index in [0.717, 1.165) is 24.2 Å². The highest BCUT2D eigenvalue weighted by atomic mass is 32.2. The molecule has 0 unspecified atom stereocenters. The fourth-order valence-corrected chi connectivity index (χ4v) is 5.54. The minimum absolute atomic E-state index is 0.218. The van der Waals surface area contributed by atoms with E-state index in [1.54, 1.807) is 30.3 Å². The number of nitrogens with one attached hydrogen (secondary N) is 1. The highest BCUT2D eigenvalue weighted by Crippen LogP contribution is 2.26. The molecule has 0 aliphatic carbocycles. The molecule has 1 saturated heterocycles. The van der Waals surface area contributed by atoms with Gasteiger partial charge in [-0.3, -0.25) is 4.79 Å². The van der Waals surface area contributed by atoms with Gasteiger partial charge in [0, 0.05) is 36.4 Å². The lowest BCUT2D eigenvalue weighted by molar-refractivity contribution is 0.101. The van der Waals surface area contributed by atoms with Crippen molar-refractivity contribution in [2.24, 2.45) is 7.05 Å². The van der Waals surface area contributed by atoms with Gasteiger partial charge in [0.15, 0.2) is 0 Å². The zero-order valence-electron chi connectivity index (χ0n) is 15.9. The predicted octanol–water partition coefficient (Wildman–Crippen LogP) is 3.48. The van der Waals surface area contributed by atoms with Crippen LogP contribution in [0.3, 0.4) is 0 Å². The van der Waals surface area contributed by atoms with Crippen molar-refractivity contribution in [3.05, 3.63) is 41.7 Å². The molecule has 0 bridgehead atoms. The van der Waals surface area contributed by atoms with Gasteiger partial charge >= 0.3 is 0 Å². The Morgan fingerprint density at radius 2 is 1.85 bits per heavy atom. The fraction of sp³-hybridized carbons (Fsp3) is 0.421. The molecule has 0 spiro atoms. The standard InChI is InChI=1S/C19H25N3O3S2/c1-14-18(27(24,25)22-10-5-4-6-11-22)13-17(21(14)2)19(23)20-15-8-7-9-16(12-15)26-3/h7-9,12-13H,4-6,10-11H2,1-3H3,(H,20,23). The van der Waals surface area contributed by atoms with Gasteiger partial charge in [0.1, 0.15) is 10.6 Å². The van der Waals surface area contributed by atoms with E-state index in [9.17, 15) is 13.2 Å². The van der Waals surface area contributed by atoms with Crippen LogP contribution in [-0.2, 0) is 17.1 Å².